The number of rotatable bonds is 4. The average Bonchev–Trinajstić information content (AvgIpc) is 3.02. The van der Waals surface area contributed by atoms with Crippen molar-refractivity contribution >= 4 is 21.6 Å². The molecule has 0 saturated carbocycles. The van der Waals surface area contributed by atoms with E-state index in [1.165, 1.54) is 4.70 Å². The molecule has 0 bridgehead atoms. The molecule has 0 radical (unpaired) electrons. The van der Waals surface area contributed by atoms with Crippen molar-refractivity contribution in [3.05, 3.63) is 52.5 Å². The fourth-order valence-electron chi connectivity index (χ4n) is 3.44. The van der Waals surface area contributed by atoms with E-state index in [9.17, 15) is 5.11 Å². The van der Waals surface area contributed by atoms with Gasteiger partial charge in [0.1, 0.15) is 16.5 Å². The highest BCUT2D eigenvalue weighted by atomic mass is 32.1. The predicted molar refractivity (Wildman–Crippen MR) is 98.2 cm³/mol. The van der Waals surface area contributed by atoms with E-state index in [4.69, 9.17) is 14.5 Å². The molecular formula is C19H20N2O3S. The highest BCUT2D eigenvalue weighted by Gasteiger charge is 2.30. The zero-order chi connectivity index (χ0) is 17.4. The second-order valence-corrected chi connectivity index (χ2v) is 7.24. The quantitative estimate of drug-likeness (QED) is 0.777. The van der Waals surface area contributed by atoms with Crippen molar-refractivity contribution in [1.29, 1.82) is 0 Å². The number of thiazole rings is 1. The van der Waals surface area contributed by atoms with Crippen LogP contribution in [0.5, 0.6) is 11.5 Å². The monoisotopic (exact) mass is 356 g/mol. The summed E-state index contributed by atoms with van der Waals surface area (Å²) in [5, 5.41) is 11.7. The van der Waals surface area contributed by atoms with Gasteiger partial charge in [-0.2, -0.15) is 0 Å². The van der Waals surface area contributed by atoms with Crippen LogP contribution in [0.1, 0.15) is 22.2 Å². The Morgan fingerprint density at radius 1 is 1.16 bits per heavy atom. The summed E-state index contributed by atoms with van der Waals surface area (Å²) < 4.78 is 12.1. The molecule has 0 unspecified atom stereocenters. The van der Waals surface area contributed by atoms with Crippen molar-refractivity contribution in [2.75, 3.05) is 20.8 Å². The van der Waals surface area contributed by atoms with Gasteiger partial charge in [0.25, 0.3) is 0 Å². The Morgan fingerprint density at radius 3 is 2.68 bits per heavy atom. The fourth-order valence-corrected chi connectivity index (χ4v) is 4.45. The van der Waals surface area contributed by atoms with Crippen LogP contribution in [0, 0.1) is 0 Å². The first kappa shape index (κ1) is 16.3. The maximum Gasteiger partial charge on any atom is 0.125 e. The molecule has 1 N–H and O–H groups in total. The van der Waals surface area contributed by atoms with Crippen LogP contribution in [0.25, 0.3) is 10.2 Å². The summed E-state index contributed by atoms with van der Waals surface area (Å²) in [6, 6.07) is 11.9. The first-order valence-corrected chi connectivity index (χ1v) is 9.00. The number of para-hydroxylation sites is 1. The number of hydrogen-bond donors (Lipinski definition) is 1. The third kappa shape index (κ3) is 2.97. The molecule has 0 saturated heterocycles. The van der Waals surface area contributed by atoms with Crippen LogP contribution >= 0.6 is 11.3 Å². The Balaban J connectivity index is 1.64. The molecule has 3 aromatic rings. The number of hydrogen-bond acceptors (Lipinski definition) is 6. The van der Waals surface area contributed by atoms with Gasteiger partial charge >= 0.3 is 0 Å². The van der Waals surface area contributed by atoms with Gasteiger partial charge in [-0.25, -0.2) is 4.98 Å². The van der Waals surface area contributed by atoms with Gasteiger partial charge in [-0.1, -0.05) is 12.1 Å². The first-order valence-electron chi connectivity index (χ1n) is 8.18. The molecule has 1 aliphatic rings. The Morgan fingerprint density at radius 2 is 1.92 bits per heavy atom. The van der Waals surface area contributed by atoms with Crippen LogP contribution in [-0.4, -0.2) is 35.8 Å². The van der Waals surface area contributed by atoms with E-state index < -0.39 is 6.10 Å². The van der Waals surface area contributed by atoms with E-state index in [-0.39, 0.29) is 0 Å². The summed E-state index contributed by atoms with van der Waals surface area (Å²) >= 11 is 1.70. The lowest BCUT2D eigenvalue weighted by Gasteiger charge is -2.33. The highest BCUT2D eigenvalue weighted by molar-refractivity contribution is 7.18. The Labute approximate surface area is 150 Å². The Hall–Kier alpha value is -2.15. The molecule has 1 atom stereocenters. The van der Waals surface area contributed by atoms with E-state index in [1.807, 2.05) is 30.3 Å². The van der Waals surface area contributed by atoms with E-state index >= 15 is 0 Å². The van der Waals surface area contributed by atoms with Gasteiger partial charge < -0.3 is 14.6 Å². The van der Waals surface area contributed by atoms with Gasteiger partial charge in [0, 0.05) is 24.2 Å². The molecule has 0 spiro atoms. The second-order valence-electron chi connectivity index (χ2n) is 6.12. The average molecular weight is 356 g/mol. The second kappa shape index (κ2) is 6.63. The van der Waals surface area contributed by atoms with Gasteiger partial charge in [-0.3, -0.25) is 4.90 Å². The standard InChI is InChI=1S/C19H20N2O3S/c1-23-15-7-8-16(24-2)19-12(15)9-21(10-14(19)22)11-18-20-13-5-3-4-6-17(13)25-18/h3-8,14,22H,9-11H2,1-2H3/t14-/m1/s1. The molecule has 0 fully saturated rings. The smallest absolute Gasteiger partial charge is 0.125 e. The van der Waals surface area contributed by atoms with Crippen LogP contribution in [0.4, 0.5) is 0 Å². The number of aromatic nitrogens is 1. The fraction of sp³-hybridized carbons (Fsp3) is 0.316. The zero-order valence-electron chi connectivity index (χ0n) is 14.2. The number of ether oxygens (including phenoxy) is 2. The summed E-state index contributed by atoms with van der Waals surface area (Å²) in [7, 11) is 3.28. The summed E-state index contributed by atoms with van der Waals surface area (Å²) in [6.45, 7) is 1.95. The van der Waals surface area contributed by atoms with Crippen LogP contribution in [0.2, 0.25) is 0 Å². The number of fused-ring (bicyclic) bond motifs is 2. The van der Waals surface area contributed by atoms with Crippen LogP contribution < -0.4 is 9.47 Å². The Kier molecular flexibility index (Phi) is 4.33. The molecular weight excluding hydrogens is 336 g/mol. The number of aliphatic hydroxyl groups is 1. The zero-order valence-corrected chi connectivity index (χ0v) is 15.0. The molecule has 6 heteroatoms. The maximum absolute atomic E-state index is 10.7. The lowest BCUT2D eigenvalue weighted by atomic mass is 9.95. The van der Waals surface area contributed by atoms with Gasteiger partial charge in [0.15, 0.2) is 0 Å². The summed E-state index contributed by atoms with van der Waals surface area (Å²) in [5.41, 5.74) is 2.85. The van der Waals surface area contributed by atoms with Crippen molar-refractivity contribution in [1.82, 2.24) is 9.88 Å². The summed E-state index contributed by atoms with van der Waals surface area (Å²) in [5.74, 6) is 1.49. The van der Waals surface area contributed by atoms with Gasteiger partial charge in [-0.05, 0) is 24.3 Å². The molecule has 2 aromatic carbocycles. The molecule has 2 heterocycles. The molecule has 1 aliphatic heterocycles. The minimum absolute atomic E-state index is 0.548. The van der Waals surface area contributed by atoms with E-state index in [1.54, 1.807) is 25.6 Å². The van der Waals surface area contributed by atoms with Crippen LogP contribution in [-0.2, 0) is 13.1 Å². The first-order chi connectivity index (χ1) is 12.2. The van der Waals surface area contributed by atoms with Gasteiger partial charge in [0.05, 0.1) is 37.1 Å². The molecule has 5 nitrogen and oxygen atoms in total. The van der Waals surface area contributed by atoms with Crippen molar-refractivity contribution in [3.8, 4) is 11.5 Å². The molecule has 4 rings (SSSR count). The highest BCUT2D eigenvalue weighted by Crippen LogP contribution is 2.39. The normalized spacial score (nSPS) is 17.5. The maximum atomic E-state index is 10.7. The van der Waals surface area contributed by atoms with E-state index in [0.29, 0.717) is 25.4 Å². The minimum Gasteiger partial charge on any atom is -0.496 e. The molecule has 0 amide bonds. The van der Waals surface area contributed by atoms with Crippen molar-refractivity contribution in [3.63, 3.8) is 0 Å². The largest absolute Gasteiger partial charge is 0.496 e. The van der Waals surface area contributed by atoms with Crippen molar-refractivity contribution < 1.29 is 14.6 Å². The number of β-amino-alcohol motifs (C(OH)–C–C–N with tert-alkyl or cyclic N) is 1. The van der Waals surface area contributed by atoms with E-state index in [0.717, 1.165) is 27.4 Å². The van der Waals surface area contributed by atoms with Crippen LogP contribution in [0.3, 0.4) is 0 Å². The molecule has 130 valence electrons. The lowest BCUT2D eigenvalue weighted by molar-refractivity contribution is 0.0843. The van der Waals surface area contributed by atoms with Gasteiger partial charge in [-0.15, -0.1) is 11.3 Å². The minimum atomic E-state index is -0.608. The molecule has 0 aliphatic carbocycles. The summed E-state index contributed by atoms with van der Waals surface area (Å²) in [4.78, 5) is 6.90. The topological polar surface area (TPSA) is 54.8 Å². The van der Waals surface area contributed by atoms with Crippen molar-refractivity contribution in [2.45, 2.75) is 19.2 Å². The third-order valence-corrected chi connectivity index (χ3v) is 5.58. The van der Waals surface area contributed by atoms with Gasteiger partial charge in [0.2, 0.25) is 0 Å². The number of benzene rings is 2. The SMILES string of the molecule is COc1ccc(OC)c2c1CN(Cc1nc3ccccc3s1)C[C@H]2O. The number of methoxy groups -OCH3 is 2. The third-order valence-electron chi connectivity index (χ3n) is 4.56. The number of aliphatic hydroxyl groups excluding tert-OH is 1. The molecule has 25 heavy (non-hydrogen) atoms. The van der Waals surface area contributed by atoms with E-state index in [2.05, 4.69) is 11.0 Å². The van der Waals surface area contributed by atoms with Crippen LogP contribution in [0.15, 0.2) is 36.4 Å². The predicted octanol–water partition coefficient (Wildman–Crippen LogP) is 3.36. The molecule has 1 aromatic heterocycles. The Bertz CT molecular complexity index is 876. The lowest BCUT2D eigenvalue weighted by Crippen LogP contribution is -2.33. The number of nitrogens with zero attached hydrogens (tertiary/aromatic N) is 2. The summed E-state index contributed by atoms with van der Waals surface area (Å²) in [6.07, 6.45) is -0.608. The van der Waals surface area contributed by atoms with Crippen molar-refractivity contribution in [2.24, 2.45) is 0 Å².